The summed E-state index contributed by atoms with van der Waals surface area (Å²) in [5.41, 5.74) is 0.301. The topological polar surface area (TPSA) is 64.1 Å². The zero-order valence-electron chi connectivity index (χ0n) is 9.86. The first-order chi connectivity index (χ1) is 7.65. The molecule has 0 atom stereocenters. The van der Waals surface area contributed by atoms with Gasteiger partial charge in [0.1, 0.15) is 0 Å². The second-order valence-corrected chi connectivity index (χ2v) is 3.70. The highest BCUT2D eigenvalue weighted by atomic mass is 16.5. The molecule has 0 bridgehead atoms. The molecule has 0 aliphatic carbocycles. The van der Waals surface area contributed by atoms with Crippen LogP contribution in [-0.4, -0.2) is 35.4 Å². The molecule has 0 radical (unpaired) electrons. The van der Waals surface area contributed by atoms with Crippen LogP contribution in [0.3, 0.4) is 0 Å². The Kier molecular flexibility index (Phi) is 4.85. The number of ether oxygens (including phenoxy) is 1. The summed E-state index contributed by atoms with van der Waals surface area (Å²) in [4.78, 5) is 19.7. The van der Waals surface area contributed by atoms with E-state index in [0.29, 0.717) is 24.7 Å². The smallest absolute Gasteiger partial charge is 0.243 e. The van der Waals surface area contributed by atoms with Crippen LogP contribution in [0.2, 0.25) is 0 Å². The van der Waals surface area contributed by atoms with Gasteiger partial charge < -0.3 is 10.1 Å². The molecule has 1 rings (SSSR count). The van der Waals surface area contributed by atoms with Crippen molar-refractivity contribution in [3.8, 4) is 5.88 Å². The summed E-state index contributed by atoms with van der Waals surface area (Å²) in [5, 5.41) is 3.17. The van der Waals surface area contributed by atoms with Gasteiger partial charge in [0.05, 0.1) is 7.11 Å². The van der Waals surface area contributed by atoms with Gasteiger partial charge in [-0.15, -0.1) is 0 Å². The van der Waals surface area contributed by atoms with E-state index in [9.17, 15) is 4.79 Å². The molecule has 0 spiro atoms. The molecular formula is C11H17N3O2. The van der Waals surface area contributed by atoms with Crippen molar-refractivity contribution >= 4 is 5.78 Å². The van der Waals surface area contributed by atoms with Gasteiger partial charge in [-0.05, 0) is 0 Å². The number of ketones is 1. The van der Waals surface area contributed by atoms with E-state index in [-0.39, 0.29) is 11.7 Å². The Bertz CT molecular complexity index is 353. The predicted molar refractivity (Wildman–Crippen MR) is 60.7 cm³/mol. The highest BCUT2D eigenvalue weighted by Crippen LogP contribution is 2.12. The molecular weight excluding hydrogens is 206 g/mol. The van der Waals surface area contributed by atoms with Crippen molar-refractivity contribution in [3.63, 3.8) is 0 Å². The Labute approximate surface area is 95.3 Å². The summed E-state index contributed by atoms with van der Waals surface area (Å²) >= 11 is 0. The first-order valence-electron chi connectivity index (χ1n) is 5.26. The van der Waals surface area contributed by atoms with E-state index < -0.39 is 0 Å². The molecule has 0 aliphatic heterocycles. The normalized spacial score (nSPS) is 10.5. The molecule has 0 fully saturated rings. The van der Waals surface area contributed by atoms with Gasteiger partial charge in [0.25, 0.3) is 0 Å². The molecule has 0 amide bonds. The van der Waals surface area contributed by atoms with E-state index in [2.05, 4.69) is 15.3 Å². The zero-order chi connectivity index (χ0) is 12.0. The number of hydrogen-bond acceptors (Lipinski definition) is 5. The van der Waals surface area contributed by atoms with Gasteiger partial charge in [-0.2, -0.15) is 0 Å². The molecule has 88 valence electrons. The van der Waals surface area contributed by atoms with E-state index in [0.717, 1.165) is 0 Å². The number of methoxy groups -OCH3 is 1. The third-order valence-corrected chi connectivity index (χ3v) is 2.03. The number of nitrogens with zero attached hydrogens (tertiary/aromatic N) is 2. The second kappa shape index (κ2) is 6.17. The van der Waals surface area contributed by atoms with Crippen LogP contribution in [0.25, 0.3) is 0 Å². The summed E-state index contributed by atoms with van der Waals surface area (Å²) < 4.78 is 4.98. The molecule has 16 heavy (non-hydrogen) atoms. The minimum absolute atomic E-state index is 0.0573. The average Bonchev–Trinajstić information content (AvgIpc) is 2.28. The molecule has 5 nitrogen and oxygen atoms in total. The SMILES string of the molecule is COc1nccnc1C(=O)CCNC(C)C. The van der Waals surface area contributed by atoms with Crippen LogP contribution in [0.1, 0.15) is 30.8 Å². The Balaban J connectivity index is 2.59. The summed E-state index contributed by atoms with van der Waals surface area (Å²) in [7, 11) is 1.48. The van der Waals surface area contributed by atoms with Crippen LogP contribution in [0.15, 0.2) is 12.4 Å². The van der Waals surface area contributed by atoms with Gasteiger partial charge in [-0.1, -0.05) is 13.8 Å². The van der Waals surface area contributed by atoms with Crippen molar-refractivity contribution < 1.29 is 9.53 Å². The lowest BCUT2D eigenvalue weighted by Gasteiger charge is -2.08. The summed E-state index contributed by atoms with van der Waals surface area (Å²) in [6, 6.07) is 0.372. The molecule has 0 aromatic carbocycles. The zero-order valence-corrected chi connectivity index (χ0v) is 9.86. The van der Waals surface area contributed by atoms with Gasteiger partial charge in [-0.3, -0.25) is 4.79 Å². The monoisotopic (exact) mass is 223 g/mol. The summed E-state index contributed by atoms with van der Waals surface area (Å²) in [6.45, 7) is 4.71. The molecule has 1 N–H and O–H groups in total. The van der Waals surface area contributed by atoms with Gasteiger partial charge in [0, 0.05) is 31.4 Å². The van der Waals surface area contributed by atoms with Crippen LogP contribution in [-0.2, 0) is 0 Å². The maximum absolute atomic E-state index is 11.8. The van der Waals surface area contributed by atoms with Crippen molar-refractivity contribution in [2.75, 3.05) is 13.7 Å². The van der Waals surface area contributed by atoms with Crippen LogP contribution < -0.4 is 10.1 Å². The number of carbonyl (C=O) groups excluding carboxylic acids is 1. The lowest BCUT2D eigenvalue weighted by molar-refractivity contribution is 0.0973. The third-order valence-electron chi connectivity index (χ3n) is 2.03. The van der Waals surface area contributed by atoms with E-state index in [1.165, 1.54) is 19.5 Å². The highest BCUT2D eigenvalue weighted by Gasteiger charge is 2.14. The van der Waals surface area contributed by atoms with Crippen molar-refractivity contribution in [1.82, 2.24) is 15.3 Å². The van der Waals surface area contributed by atoms with Crippen molar-refractivity contribution in [3.05, 3.63) is 18.1 Å². The molecule has 0 aliphatic rings. The maximum Gasteiger partial charge on any atom is 0.243 e. The number of Topliss-reactive ketones (excluding diaryl/α,β-unsaturated/α-hetero) is 1. The van der Waals surface area contributed by atoms with Gasteiger partial charge in [-0.25, -0.2) is 9.97 Å². The Hall–Kier alpha value is -1.49. The van der Waals surface area contributed by atoms with Gasteiger partial charge >= 0.3 is 0 Å². The fraction of sp³-hybridized carbons (Fsp3) is 0.545. The average molecular weight is 223 g/mol. The largest absolute Gasteiger partial charge is 0.479 e. The minimum atomic E-state index is -0.0573. The molecule has 0 unspecified atom stereocenters. The van der Waals surface area contributed by atoms with Gasteiger partial charge in [0.15, 0.2) is 11.5 Å². The number of carbonyl (C=O) groups is 1. The van der Waals surface area contributed by atoms with Crippen molar-refractivity contribution in [2.24, 2.45) is 0 Å². The predicted octanol–water partition coefficient (Wildman–Crippen LogP) is 1.06. The first-order valence-corrected chi connectivity index (χ1v) is 5.26. The lowest BCUT2D eigenvalue weighted by Crippen LogP contribution is -2.25. The fourth-order valence-corrected chi connectivity index (χ4v) is 1.26. The Morgan fingerprint density at radius 3 is 2.75 bits per heavy atom. The molecule has 0 saturated carbocycles. The Morgan fingerprint density at radius 1 is 1.44 bits per heavy atom. The first kappa shape index (κ1) is 12.6. The molecule has 1 aromatic rings. The number of hydrogen-bond donors (Lipinski definition) is 1. The molecule has 5 heteroatoms. The van der Waals surface area contributed by atoms with Crippen LogP contribution in [0.5, 0.6) is 5.88 Å². The van der Waals surface area contributed by atoms with Gasteiger partial charge in [0.2, 0.25) is 5.88 Å². The number of rotatable bonds is 6. The maximum atomic E-state index is 11.8. The number of nitrogens with one attached hydrogen (secondary N) is 1. The van der Waals surface area contributed by atoms with Crippen molar-refractivity contribution in [2.45, 2.75) is 26.3 Å². The van der Waals surface area contributed by atoms with Crippen LogP contribution >= 0.6 is 0 Å². The van der Waals surface area contributed by atoms with Crippen LogP contribution in [0, 0.1) is 0 Å². The molecule has 1 heterocycles. The summed E-state index contributed by atoms with van der Waals surface area (Å²) in [5.74, 6) is 0.232. The van der Waals surface area contributed by atoms with Crippen LogP contribution in [0.4, 0.5) is 0 Å². The quantitative estimate of drug-likeness (QED) is 0.730. The van der Waals surface area contributed by atoms with E-state index in [1.54, 1.807) is 0 Å². The Morgan fingerprint density at radius 2 is 2.12 bits per heavy atom. The lowest BCUT2D eigenvalue weighted by atomic mass is 10.2. The minimum Gasteiger partial charge on any atom is -0.479 e. The number of aromatic nitrogens is 2. The summed E-state index contributed by atoms with van der Waals surface area (Å²) in [6.07, 6.45) is 3.39. The highest BCUT2D eigenvalue weighted by molar-refractivity contribution is 5.96. The molecule has 0 saturated heterocycles. The standard InChI is InChI=1S/C11H17N3O2/c1-8(2)12-5-4-9(15)10-11(16-3)14-7-6-13-10/h6-8,12H,4-5H2,1-3H3. The van der Waals surface area contributed by atoms with Crippen molar-refractivity contribution in [1.29, 1.82) is 0 Å². The fourth-order valence-electron chi connectivity index (χ4n) is 1.26. The third kappa shape index (κ3) is 3.58. The molecule has 1 aromatic heterocycles. The van der Waals surface area contributed by atoms with E-state index in [4.69, 9.17) is 4.74 Å². The van der Waals surface area contributed by atoms with E-state index >= 15 is 0 Å². The van der Waals surface area contributed by atoms with E-state index in [1.807, 2.05) is 13.8 Å². The second-order valence-electron chi connectivity index (χ2n) is 3.70.